The van der Waals surface area contributed by atoms with Crippen molar-refractivity contribution >= 4 is 18.0 Å². The van der Waals surface area contributed by atoms with Crippen LogP contribution in [-0.4, -0.2) is 80.1 Å². The average molecular weight is 454 g/mol. The van der Waals surface area contributed by atoms with E-state index in [9.17, 15) is 19.5 Å². The van der Waals surface area contributed by atoms with Crippen LogP contribution in [0.2, 0.25) is 0 Å². The second-order valence-corrected chi connectivity index (χ2v) is 7.82. The number of carbonyl (C=O) groups is 3. The van der Waals surface area contributed by atoms with Gasteiger partial charge in [-0.25, -0.2) is 9.59 Å². The Labute approximate surface area is 191 Å². The van der Waals surface area contributed by atoms with Gasteiger partial charge in [0.25, 0.3) is 0 Å². The highest BCUT2D eigenvalue weighted by Crippen LogP contribution is 2.44. The molecule has 1 heterocycles. The maximum Gasteiger partial charge on any atom is 0.407 e. The number of rotatable bonds is 8. The Morgan fingerprint density at radius 2 is 1.73 bits per heavy atom. The predicted octanol–water partition coefficient (Wildman–Crippen LogP) is 1.85. The van der Waals surface area contributed by atoms with Crippen LogP contribution in [0.1, 0.15) is 17.0 Å². The summed E-state index contributed by atoms with van der Waals surface area (Å²) in [7, 11) is 0. The van der Waals surface area contributed by atoms with Gasteiger partial charge in [0.2, 0.25) is 5.91 Å². The minimum absolute atomic E-state index is 0.0206. The molecule has 0 bridgehead atoms. The molecule has 33 heavy (non-hydrogen) atoms. The number of hydrogen-bond acceptors (Lipinski definition) is 6. The summed E-state index contributed by atoms with van der Waals surface area (Å²) in [6, 6.07) is 15.2. The van der Waals surface area contributed by atoms with Gasteiger partial charge in [0.1, 0.15) is 13.2 Å². The lowest BCUT2D eigenvalue weighted by Crippen LogP contribution is -2.53. The summed E-state index contributed by atoms with van der Waals surface area (Å²) in [5.74, 6) is -1.56. The molecule has 1 saturated heterocycles. The third-order valence-corrected chi connectivity index (χ3v) is 5.82. The third kappa shape index (κ3) is 5.15. The van der Waals surface area contributed by atoms with Crippen molar-refractivity contribution < 1.29 is 33.7 Å². The van der Waals surface area contributed by atoms with Crippen LogP contribution >= 0.6 is 0 Å². The van der Waals surface area contributed by atoms with Crippen LogP contribution in [0.3, 0.4) is 0 Å². The number of carbonyl (C=O) groups excluding carboxylic acids is 2. The first-order valence-electron chi connectivity index (χ1n) is 10.8. The Hall–Kier alpha value is -3.43. The van der Waals surface area contributed by atoms with Crippen molar-refractivity contribution in [1.82, 2.24) is 10.2 Å². The molecule has 9 heteroatoms. The number of ether oxygens (including phenoxy) is 3. The molecule has 1 unspecified atom stereocenters. The van der Waals surface area contributed by atoms with Gasteiger partial charge in [-0.05, 0) is 22.3 Å². The number of fused-ring (bicyclic) bond motifs is 3. The molecule has 2 N–H and O–H groups in total. The number of nitrogens with one attached hydrogen (secondary N) is 1. The molecule has 2 amide bonds. The lowest BCUT2D eigenvalue weighted by Gasteiger charge is -2.32. The molecule has 9 nitrogen and oxygen atoms in total. The smallest absolute Gasteiger partial charge is 0.407 e. The standard InChI is InChI=1S/C24H26N2O7/c27-22(26-10-12-32-14-21(26)23(28)29)15-31-11-9-25-24(30)33-13-20-18-7-3-1-5-16(18)17-6-2-4-8-19(17)20/h1-8,20-21H,9-15H2,(H,25,30)(H,28,29). The van der Waals surface area contributed by atoms with Gasteiger partial charge in [0.15, 0.2) is 6.04 Å². The molecule has 4 rings (SSSR count). The Balaban J connectivity index is 1.19. The molecule has 2 aromatic carbocycles. The van der Waals surface area contributed by atoms with E-state index < -0.39 is 24.0 Å². The van der Waals surface area contributed by atoms with E-state index in [1.807, 2.05) is 24.3 Å². The van der Waals surface area contributed by atoms with Gasteiger partial charge in [-0.1, -0.05) is 48.5 Å². The monoisotopic (exact) mass is 454 g/mol. The molecule has 0 saturated carbocycles. The summed E-state index contributed by atoms with van der Waals surface area (Å²) in [6.45, 7) is 0.664. The first kappa shape index (κ1) is 22.8. The number of alkyl carbamates (subject to hydrolysis) is 1. The summed E-state index contributed by atoms with van der Waals surface area (Å²) in [5.41, 5.74) is 4.59. The Kier molecular flexibility index (Phi) is 7.21. The first-order chi connectivity index (χ1) is 16.1. The molecule has 1 aliphatic heterocycles. The van der Waals surface area contributed by atoms with Gasteiger partial charge < -0.3 is 29.5 Å². The number of nitrogens with zero attached hydrogens (tertiary/aromatic N) is 1. The molecule has 1 atom stereocenters. The highest BCUT2D eigenvalue weighted by Gasteiger charge is 2.32. The Morgan fingerprint density at radius 3 is 2.39 bits per heavy atom. The second kappa shape index (κ2) is 10.5. The molecule has 0 aromatic heterocycles. The average Bonchev–Trinajstić information content (AvgIpc) is 3.16. The van der Waals surface area contributed by atoms with Gasteiger partial charge in [-0.2, -0.15) is 0 Å². The quantitative estimate of drug-likeness (QED) is 0.585. The molecule has 0 spiro atoms. The predicted molar refractivity (Wildman–Crippen MR) is 118 cm³/mol. The Morgan fingerprint density at radius 1 is 1.06 bits per heavy atom. The topological polar surface area (TPSA) is 114 Å². The summed E-state index contributed by atoms with van der Waals surface area (Å²) in [5, 5.41) is 11.8. The number of aliphatic carboxylic acids is 1. The molecule has 2 aromatic rings. The number of benzene rings is 2. The summed E-state index contributed by atoms with van der Waals surface area (Å²) in [4.78, 5) is 36.9. The van der Waals surface area contributed by atoms with E-state index in [-0.39, 0.29) is 45.4 Å². The fourth-order valence-electron chi connectivity index (χ4n) is 4.22. The van der Waals surface area contributed by atoms with E-state index in [1.165, 1.54) is 4.90 Å². The SMILES string of the molecule is O=C(NCCOCC(=O)N1CCOCC1C(=O)O)OCC1c2ccccc2-c2ccccc21. The van der Waals surface area contributed by atoms with Crippen LogP contribution in [0.25, 0.3) is 11.1 Å². The van der Waals surface area contributed by atoms with Crippen LogP contribution in [0, 0.1) is 0 Å². The highest BCUT2D eigenvalue weighted by molar-refractivity contribution is 5.84. The summed E-state index contributed by atoms with van der Waals surface area (Å²) in [6.07, 6.45) is -0.564. The lowest BCUT2D eigenvalue weighted by atomic mass is 9.98. The summed E-state index contributed by atoms with van der Waals surface area (Å²) >= 11 is 0. The zero-order valence-corrected chi connectivity index (χ0v) is 18.1. The highest BCUT2D eigenvalue weighted by atomic mass is 16.5. The van der Waals surface area contributed by atoms with E-state index in [0.29, 0.717) is 6.61 Å². The largest absolute Gasteiger partial charge is 0.480 e. The maximum absolute atomic E-state index is 12.2. The lowest BCUT2D eigenvalue weighted by molar-refractivity contribution is -0.160. The van der Waals surface area contributed by atoms with Crippen molar-refractivity contribution in [2.45, 2.75) is 12.0 Å². The number of hydrogen-bond donors (Lipinski definition) is 2. The molecule has 1 fully saturated rings. The van der Waals surface area contributed by atoms with Gasteiger partial charge in [-0.15, -0.1) is 0 Å². The second-order valence-electron chi connectivity index (χ2n) is 7.82. The fourth-order valence-corrected chi connectivity index (χ4v) is 4.22. The van der Waals surface area contributed by atoms with Crippen molar-refractivity contribution in [3.8, 4) is 11.1 Å². The van der Waals surface area contributed by atoms with Crippen molar-refractivity contribution in [2.75, 3.05) is 46.1 Å². The fraction of sp³-hybridized carbons (Fsp3) is 0.375. The third-order valence-electron chi connectivity index (χ3n) is 5.82. The number of carboxylic acid groups (broad SMARTS) is 1. The van der Waals surface area contributed by atoms with Crippen molar-refractivity contribution in [3.05, 3.63) is 59.7 Å². The minimum Gasteiger partial charge on any atom is -0.480 e. The zero-order chi connectivity index (χ0) is 23.2. The number of carboxylic acids is 1. The normalized spacial score (nSPS) is 17.2. The zero-order valence-electron chi connectivity index (χ0n) is 18.1. The van der Waals surface area contributed by atoms with Gasteiger partial charge in [0.05, 0.1) is 19.8 Å². The van der Waals surface area contributed by atoms with Gasteiger partial charge in [0, 0.05) is 19.0 Å². The Bertz CT molecular complexity index is 980. The van der Waals surface area contributed by atoms with E-state index in [2.05, 4.69) is 29.6 Å². The maximum atomic E-state index is 12.2. The van der Waals surface area contributed by atoms with E-state index in [0.717, 1.165) is 22.3 Å². The van der Waals surface area contributed by atoms with E-state index in [1.54, 1.807) is 0 Å². The molecular weight excluding hydrogens is 428 g/mol. The molecule has 2 aliphatic rings. The van der Waals surface area contributed by atoms with Gasteiger partial charge in [-0.3, -0.25) is 4.79 Å². The molecular formula is C24H26N2O7. The van der Waals surface area contributed by atoms with Crippen LogP contribution in [-0.2, 0) is 23.8 Å². The van der Waals surface area contributed by atoms with Crippen LogP contribution < -0.4 is 5.32 Å². The van der Waals surface area contributed by atoms with Gasteiger partial charge >= 0.3 is 12.1 Å². The first-order valence-corrected chi connectivity index (χ1v) is 10.8. The van der Waals surface area contributed by atoms with E-state index >= 15 is 0 Å². The van der Waals surface area contributed by atoms with Crippen molar-refractivity contribution in [3.63, 3.8) is 0 Å². The van der Waals surface area contributed by atoms with E-state index in [4.69, 9.17) is 14.2 Å². The van der Waals surface area contributed by atoms with Crippen LogP contribution in [0.15, 0.2) is 48.5 Å². The van der Waals surface area contributed by atoms with Crippen LogP contribution in [0.5, 0.6) is 0 Å². The number of amides is 2. The number of morpholine rings is 1. The van der Waals surface area contributed by atoms with Crippen LogP contribution in [0.4, 0.5) is 4.79 Å². The van der Waals surface area contributed by atoms with Crippen molar-refractivity contribution in [2.24, 2.45) is 0 Å². The molecule has 174 valence electrons. The van der Waals surface area contributed by atoms with Crippen molar-refractivity contribution in [1.29, 1.82) is 0 Å². The summed E-state index contributed by atoms with van der Waals surface area (Å²) < 4.78 is 15.9. The molecule has 0 radical (unpaired) electrons. The molecule has 1 aliphatic carbocycles. The minimum atomic E-state index is -1.11.